The summed E-state index contributed by atoms with van der Waals surface area (Å²) in [6.07, 6.45) is 3.95. The van der Waals surface area contributed by atoms with Gasteiger partial charge in [-0.2, -0.15) is 0 Å². The summed E-state index contributed by atoms with van der Waals surface area (Å²) >= 11 is 6.31. The van der Waals surface area contributed by atoms with Crippen molar-refractivity contribution < 1.29 is 4.79 Å². The lowest BCUT2D eigenvalue weighted by atomic mass is 9.94. The van der Waals surface area contributed by atoms with Crippen LogP contribution in [0, 0.1) is 0 Å². The van der Waals surface area contributed by atoms with Crippen molar-refractivity contribution in [3.8, 4) is 0 Å². The second-order valence-electron chi connectivity index (χ2n) is 4.45. The number of alkyl halides is 1. The van der Waals surface area contributed by atoms with Gasteiger partial charge in [-0.05, 0) is 37.0 Å². The van der Waals surface area contributed by atoms with Gasteiger partial charge >= 0.3 is 0 Å². The van der Waals surface area contributed by atoms with Gasteiger partial charge in [0.25, 0.3) is 0 Å². The van der Waals surface area contributed by atoms with Crippen LogP contribution in [0.25, 0.3) is 10.9 Å². The number of halogens is 1. The summed E-state index contributed by atoms with van der Waals surface area (Å²) in [5.74, 6) is 0. The molecule has 1 unspecified atom stereocenters. The predicted molar refractivity (Wildman–Crippen MR) is 68.7 cm³/mol. The Kier molecular flexibility index (Phi) is 2.60. The normalized spacial score (nSPS) is 19.0. The smallest absolute Gasteiger partial charge is 0.150 e. The predicted octanol–water partition coefficient (Wildman–Crippen LogP) is 3.66. The molecule has 1 heterocycles. The lowest BCUT2D eigenvalue weighted by Crippen LogP contribution is -2.07. The van der Waals surface area contributed by atoms with E-state index in [1.54, 1.807) is 0 Å². The molecule has 86 valence electrons. The van der Waals surface area contributed by atoms with E-state index in [1.807, 2.05) is 18.2 Å². The standard InChI is InChI=1S/C14H12ClNO/c15-12-2-1-3-13-11(12)7-10-5-4-9(8-17)6-14(10)16-13/h4-8,12H,1-3H2. The third kappa shape index (κ3) is 1.83. The minimum Gasteiger partial charge on any atom is -0.298 e. The fourth-order valence-corrected chi connectivity index (χ4v) is 2.73. The van der Waals surface area contributed by atoms with E-state index in [2.05, 4.69) is 11.1 Å². The number of carbonyl (C=O) groups is 1. The Balaban J connectivity index is 2.23. The number of hydrogen-bond acceptors (Lipinski definition) is 2. The second-order valence-corrected chi connectivity index (χ2v) is 4.98. The zero-order valence-electron chi connectivity index (χ0n) is 9.32. The number of rotatable bonds is 1. The van der Waals surface area contributed by atoms with Crippen LogP contribution < -0.4 is 0 Å². The van der Waals surface area contributed by atoms with Crippen molar-refractivity contribution in [2.45, 2.75) is 24.6 Å². The third-order valence-corrected chi connectivity index (χ3v) is 3.75. The van der Waals surface area contributed by atoms with Crippen molar-refractivity contribution in [1.29, 1.82) is 0 Å². The number of fused-ring (bicyclic) bond motifs is 2. The van der Waals surface area contributed by atoms with Gasteiger partial charge in [0.2, 0.25) is 0 Å². The number of benzene rings is 1. The number of aromatic nitrogens is 1. The zero-order valence-corrected chi connectivity index (χ0v) is 10.1. The van der Waals surface area contributed by atoms with Crippen LogP contribution >= 0.6 is 11.6 Å². The van der Waals surface area contributed by atoms with Crippen LogP contribution in [0.5, 0.6) is 0 Å². The van der Waals surface area contributed by atoms with Gasteiger partial charge in [-0.15, -0.1) is 11.6 Å². The first-order chi connectivity index (χ1) is 8.28. The first kappa shape index (κ1) is 10.7. The maximum atomic E-state index is 10.7. The van der Waals surface area contributed by atoms with E-state index in [9.17, 15) is 4.79 Å². The zero-order chi connectivity index (χ0) is 11.8. The topological polar surface area (TPSA) is 30.0 Å². The summed E-state index contributed by atoms with van der Waals surface area (Å²) < 4.78 is 0. The molecule has 0 fully saturated rings. The largest absolute Gasteiger partial charge is 0.298 e. The fraction of sp³-hybridized carbons (Fsp3) is 0.286. The Hall–Kier alpha value is -1.41. The Morgan fingerprint density at radius 1 is 1.35 bits per heavy atom. The van der Waals surface area contributed by atoms with Crippen molar-refractivity contribution in [3.63, 3.8) is 0 Å². The van der Waals surface area contributed by atoms with Crippen LogP contribution in [-0.2, 0) is 6.42 Å². The van der Waals surface area contributed by atoms with Crippen LogP contribution in [0.4, 0.5) is 0 Å². The first-order valence-corrected chi connectivity index (χ1v) is 6.24. The average Bonchev–Trinajstić information content (AvgIpc) is 2.36. The number of aryl methyl sites for hydroxylation is 1. The summed E-state index contributed by atoms with van der Waals surface area (Å²) in [6, 6.07) is 7.70. The highest BCUT2D eigenvalue weighted by Crippen LogP contribution is 2.35. The Bertz CT molecular complexity index is 594. The molecular weight excluding hydrogens is 234 g/mol. The first-order valence-electron chi connectivity index (χ1n) is 5.81. The van der Waals surface area contributed by atoms with E-state index in [0.717, 1.165) is 47.7 Å². The SMILES string of the molecule is O=Cc1ccc2cc3c(nc2c1)CCCC3Cl. The quantitative estimate of drug-likeness (QED) is 0.567. The molecule has 2 aromatic rings. The van der Waals surface area contributed by atoms with Crippen LogP contribution in [0.3, 0.4) is 0 Å². The summed E-state index contributed by atoms with van der Waals surface area (Å²) in [4.78, 5) is 15.4. The van der Waals surface area contributed by atoms with Crippen molar-refractivity contribution >= 4 is 28.8 Å². The Morgan fingerprint density at radius 2 is 2.24 bits per heavy atom. The fourth-order valence-electron chi connectivity index (χ4n) is 2.39. The van der Waals surface area contributed by atoms with Gasteiger partial charge in [0, 0.05) is 16.6 Å². The minimum atomic E-state index is 0.0846. The molecule has 1 aliphatic carbocycles. The number of hydrogen-bond donors (Lipinski definition) is 0. The lowest BCUT2D eigenvalue weighted by Gasteiger charge is -2.20. The van der Waals surface area contributed by atoms with E-state index >= 15 is 0 Å². The molecule has 1 aromatic heterocycles. The van der Waals surface area contributed by atoms with E-state index in [-0.39, 0.29) is 5.38 Å². The molecule has 1 aromatic carbocycles. The van der Waals surface area contributed by atoms with Gasteiger partial charge in [0.15, 0.2) is 0 Å². The lowest BCUT2D eigenvalue weighted by molar-refractivity contribution is 0.112. The molecular formula is C14H12ClNO. The van der Waals surface area contributed by atoms with Gasteiger partial charge in [-0.1, -0.05) is 12.1 Å². The Labute approximate surface area is 105 Å². The van der Waals surface area contributed by atoms with E-state index in [0.29, 0.717) is 5.56 Å². The number of nitrogens with zero attached hydrogens (tertiary/aromatic N) is 1. The third-order valence-electron chi connectivity index (χ3n) is 3.30. The number of carbonyl (C=O) groups excluding carboxylic acids is 1. The molecule has 0 N–H and O–H groups in total. The second kappa shape index (κ2) is 4.11. The molecule has 0 saturated heterocycles. The maximum Gasteiger partial charge on any atom is 0.150 e. The van der Waals surface area contributed by atoms with Gasteiger partial charge in [-0.25, -0.2) is 0 Å². The molecule has 0 aliphatic heterocycles. The van der Waals surface area contributed by atoms with Gasteiger partial charge in [0.05, 0.1) is 10.9 Å². The van der Waals surface area contributed by atoms with Crippen molar-refractivity contribution in [2.24, 2.45) is 0 Å². The molecule has 0 saturated carbocycles. The van der Waals surface area contributed by atoms with Gasteiger partial charge in [0.1, 0.15) is 6.29 Å². The molecule has 3 heteroatoms. The summed E-state index contributed by atoms with van der Waals surface area (Å²) in [5.41, 5.74) is 3.80. The molecule has 0 amide bonds. The van der Waals surface area contributed by atoms with E-state index in [4.69, 9.17) is 11.6 Å². The van der Waals surface area contributed by atoms with Crippen molar-refractivity contribution in [3.05, 3.63) is 41.1 Å². The summed E-state index contributed by atoms with van der Waals surface area (Å²) in [6.45, 7) is 0. The highest BCUT2D eigenvalue weighted by atomic mass is 35.5. The van der Waals surface area contributed by atoms with E-state index < -0.39 is 0 Å². The summed E-state index contributed by atoms with van der Waals surface area (Å²) in [5, 5.41) is 1.14. The molecule has 1 aliphatic rings. The highest BCUT2D eigenvalue weighted by Gasteiger charge is 2.19. The van der Waals surface area contributed by atoms with Crippen molar-refractivity contribution in [1.82, 2.24) is 4.98 Å². The van der Waals surface area contributed by atoms with Crippen molar-refractivity contribution in [2.75, 3.05) is 0 Å². The van der Waals surface area contributed by atoms with Gasteiger partial charge in [-0.3, -0.25) is 9.78 Å². The average molecular weight is 246 g/mol. The molecule has 0 spiro atoms. The van der Waals surface area contributed by atoms with E-state index in [1.165, 1.54) is 0 Å². The summed E-state index contributed by atoms with van der Waals surface area (Å²) in [7, 11) is 0. The Morgan fingerprint density at radius 3 is 3.06 bits per heavy atom. The van der Waals surface area contributed by atoms with Crippen LogP contribution in [-0.4, -0.2) is 11.3 Å². The molecule has 0 bridgehead atoms. The van der Waals surface area contributed by atoms with Crippen LogP contribution in [0.15, 0.2) is 24.3 Å². The molecule has 0 radical (unpaired) electrons. The monoisotopic (exact) mass is 245 g/mol. The van der Waals surface area contributed by atoms with Crippen LogP contribution in [0.2, 0.25) is 0 Å². The highest BCUT2D eigenvalue weighted by molar-refractivity contribution is 6.21. The molecule has 17 heavy (non-hydrogen) atoms. The number of aldehydes is 1. The number of pyridine rings is 1. The van der Waals surface area contributed by atoms with Crippen LogP contribution in [0.1, 0.15) is 39.8 Å². The molecule has 3 rings (SSSR count). The molecule has 2 nitrogen and oxygen atoms in total. The molecule has 1 atom stereocenters. The maximum absolute atomic E-state index is 10.7. The minimum absolute atomic E-state index is 0.0846. The van der Waals surface area contributed by atoms with Gasteiger partial charge < -0.3 is 0 Å².